The Bertz CT molecular complexity index is 418. The quantitative estimate of drug-likeness (QED) is 0.375. The van der Waals surface area contributed by atoms with Gasteiger partial charge in [0.2, 0.25) is 0 Å². The molecule has 0 radical (unpaired) electrons. The summed E-state index contributed by atoms with van der Waals surface area (Å²) in [7, 11) is 0. The zero-order chi connectivity index (χ0) is 20.6. The summed E-state index contributed by atoms with van der Waals surface area (Å²) in [5.41, 5.74) is -0.461. The molecule has 0 spiro atoms. The molecule has 27 heavy (non-hydrogen) atoms. The minimum absolute atomic E-state index is 0.221. The molecule has 1 aliphatic rings. The van der Waals surface area contributed by atoms with E-state index in [4.69, 9.17) is 4.74 Å². The van der Waals surface area contributed by atoms with Crippen LogP contribution in [-0.4, -0.2) is 56.8 Å². The molecule has 0 aromatic carbocycles. The van der Waals surface area contributed by atoms with Crippen LogP contribution >= 0.6 is 0 Å². The zero-order valence-electron chi connectivity index (χ0n) is 18.9. The number of hydrogen-bond acceptors (Lipinski definition) is 3. The summed E-state index contributed by atoms with van der Waals surface area (Å²) in [6.07, 6.45) is 8.76. The number of carbonyl (C=O) groups is 1. The Labute approximate surface area is 172 Å². The van der Waals surface area contributed by atoms with E-state index in [1.54, 1.807) is 0 Å². The van der Waals surface area contributed by atoms with Crippen LogP contribution in [0, 0.1) is 0 Å². The average Bonchev–Trinajstić information content (AvgIpc) is 2.60. The fraction of sp³-hybridized carbons (Fsp3) is 0.955. The summed E-state index contributed by atoms with van der Waals surface area (Å²) in [5, 5.41) is 11.9. The SMILES string of the molecule is CCC[CH2][Sn]([CH2]CCC)([CH2]CCC)[C]1(O)CCN(C(=O)OC(C)(C)C)CC1. The van der Waals surface area contributed by atoms with Crippen LogP contribution in [0.2, 0.25) is 13.3 Å². The number of carbonyl (C=O) groups excluding carboxylic acids is 1. The van der Waals surface area contributed by atoms with Crippen molar-refractivity contribution in [2.45, 2.75) is 115 Å². The van der Waals surface area contributed by atoms with E-state index < -0.39 is 27.6 Å². The van der Waals surface area contributed by atoms with Crippen LogP contribution in [-0.2, 0) is 4.74 Å². The summed E-state index contributed by atoms with van der Waals surface area (Å²) in [6, 6.07) is 0. The topological polar surface area (TPSA) is 49.8 Å². The molecule has 1 fully saturated rings. The van der Waals surface area contributed by atoms with Crippen LogP contribution in [0.5, 0.6) is 0 Å². The first kappa shape index (κ1) is 25.1. The summed E-state index contributed by atoms with van der Waals surface area (Å²) in [5.74, 6) is 0. The molecule has 5 heteroatoms. The van der Waals surface area contributed by atoms with Crippen LogP contribution in [0.1, 0.15) is 92.9 Å². The van der Waals surface area contributed by atoms with E-state index in [-0.39, 0.29) is 6.09 Å². The molecule has 1 heterocycles. The number of likely N-dealkylation sites (tertiary alicyclic amines) is 1. The van der Waals surface area contributed by atoms with Crippen molar-refractivity contribution in [3.05, 3.63) is 0 Å². The number of amides is 1. The van der Waals surface area contributed by atoms with Gasteiger partial charge in [-0.3, -0.25) is 0 Å². The first-order valence-electron chi connectivity index (χ1n) is 11.3. The van der Waals surface area contributed by atoms with E-state index in [0.29, 0.717) is 13.1 Å². The zero-order valence-corrected chi connectivity index (χ0v) is 21.8. The minimum atomic E-state index is -2.74. The third kappa shape index (κ3) is 7.41. The van der Waals surface area contributed by atoms with Crippen molar-refractivity contribution in [3.8, 4) is 0 Å². The molecular formula is C22H45NO3Sn. The van der Waals surface area contributed by atoms with Gasteiger partial charge in [0.05, 0.1) is 0 Å². The van der Waals surface area contributed by atoms with E-state index in [9.17, 15) is 9.90 Å². The van der Waals surface area contributed by atoms with E-state index in [0.717, 1.165) is 12.8 Å². The molecule has 1 N–H and O–H groups in total. The van der Waals surface area contributed by atoms with Gasteiger partial charge in [-0.25, -0.2) is 0 Å². The first-order chi connectivity index (χ1) is 12.6. The predicted octanol–water partition coefficient (Wildman–Crippen LogP) is 6.14. The fourth-order valence-corrected chi connectivity index (χ4v) is 23.1. The molecule has 1 aliphatic heterocycles. The molecular weight excluding hydrogens is 445 g/mol. The van der Waals surface area contributed by atoms with Gasteiger partial charge in [0, 0.05) is 0 Å². The summed E-state index contributed by atoms with van der Waals surface area (Å²) in [4.78, 5) is 14.2. The number of piperidine rings is 1. The number of nitrogens with zero attached hydrogens (tertiary/aromatic N) is 1. The number of hydrogen-bond donors (Lipinski definition) is 1. The molecule has 1 rings (SSSR count). The van der Waals surface area contributed by atoms with Gasteiger partial charge >= 0.3 is 173 Å². The third-order valence-electron chi connectivity index (χ3n) is 6.26. The van der Waals surface area contributed by atoms with Crippen LogP contribution in [0.15, 0.2) is 0 Å². The van der Waals surface area contributed by atoms with Crippen LogP contribution in [0.4, 0.5) is 4.79 Å². The molecule has 1 saturated heterocycles. The van der Waals surface area contributed by atoms with Crippen molar-refractivity contribution in [1.29, 1.82) is 0 Å². The molecule has 0 bridgehead atoms. The molecule has 0 aliphatic carbocycles. The van der Waals surface area contributed by atoms with E-state index in [1.807, 2.05) is 25.7 Å². The maximum atomic E-state index is 12.4. The normalized spacial score (nSPS) is 17.8. The second-order valence-electron chi connectivity index (χ2n) is 9.59. The standard InChI is InChI=1S/C10H18NO3.3C4H9.Sn/c1-10(2,3)14-9(13)11-6-4-8(12)5-7-11;3*1-3-4-2;/h12H,4-7H2,1-3H3;3*1,3-4H2,2H3;. The Hall–Kier alpha value is 0.0287. The van der Waals surface area contributed by atoms with Crippen molar-refractivity contribution in [2.24, 2.45) is 0 Å². The molecule has 0 aromatic rings. The second kappa shape index (κ2) is 11.3. The van der Waals surface area contributed by atoms with Crippen LogP contribution in [0.25, 0.3) is 0 Å². The molecule has 0 unspecified atom stereocenters. The third-order valence-corrected chi connectivity index (χ3v) is 24.5. The Morgan fingerprint density at radius 3 is 1.70 bits per heavy atom. The van der Waals surface area contributed by atoms with Gasteiger partial charge in [0.15, 0.2) is 0 Å². The predicted molar refractivity (Wildman–Crippen MR) is 117 cm³/mol. The summed E-state index contributed by atoms with van der Waals surface area (Å²) in [6.45, 7) is 13.8. The average molecular weight is 490 g/mol. The summed E-state index contributed by atoms with van der Waals surface area (Å²) >= 11 is -2.74. The number of aliphatic hydroxyl groups is 1. The van der Waals surface area contributed by atoms with Gasteiger partial charge in [-0.15, -0.1) is 0 Å². The molecule has 0 aromatic heterocycles. The van der Waals surface area contributed by atoms with E-state index in [2.05, 4.69) is 20.8 Å². The van der Waals surface area contributed by atoms with Crippen molar-refractivity contribution in [1.82, 2.24) is 4.90 Å². The molecule has 4 nitrogen and oxygen atoms in total. The Morgan fingerprint density at radius 1 is 0.963 bits per heavy atom. The first-order valence-corrected chi connectivity index (χ1v) is 18.8. The van der Waals surface area contributed by atoms with E-state index >= 15 is 0 Å². The van der Waals surface area contributed by atoms with Crippen molar-refractivity contribution in [2.75, 3.05) is 13.1 Å². The van der Waals surface area contributed by atoms with Gasteiger partial charge in [-0.2, -0.15) is 0 Å². The van der Waals surface area contributed by atoms with Gasteiger partial charge < -0.3 is 0 Å². The fourth-order valence-electron chi connectivity index (χ4n) is 4.53. The number of ether oxygens (including phenoxy) is 1. The van der Waals surface area contributed by atoms with Crippen LogP contribution < -0.4 is 0 Å². The number of rotatable bonds is 10. The Balaban J connectivity index is 2.92. The number of unbranched alkanes of at least 4 members (excludes halogenated alkanes) is 3. The van der Waals surface area contributed by atoms with Gasteiger partial charge in [0.1, 0.15) is 0 Å². The van der Waals surface area contributed by atoms with Gasteiger partial charge in [-0.05, 0) is 0 Å². The van der Waals surface area contributed by atoms with E-state index in [1.165, 1.54) is 51.8 Å². The second-order valence-corrected chi connectivity index (χ2v) is 23.8. The monoisotopic (exact) mass is 491 g/mol. The molecule has 0 atom stereocenters. The van der Waals surface area contributed by atoms with Gasteiger partial charge in [-0.1, -0.05) is 0 Å². The maximum absolute atomic E-state index is 12.4. The Kier molecular flexibility index (Phi) is 10.5. The van der Waals surface area contributed by atoms with Gasteiger partial charge in [0.25, 0.3) is 0 Å². The Morgan fingerprint density at radius 2 is 1.37 bits per heavy atom. The van der Waals surface area contributed by atoms with Crippen molar-refractivity contribution >= 4 is 24.5 Å². The molecule has 160 valence electrons. The van der Waals surface area contributed by atoms with Crippen molar-refractivity contribution < 1.29 is 14.6 Å². The van der Waals surface area contributed by atoms with Crippen LogP contribution in [0.3, 0.4) is 0 Å². The molecule has 0 saturated carbocycles. The summed E-state index contributed by atoms with van der Waals surface area (Å²) < 4.78 is 9.04. The molecule has 1 amide bonds. The van der Waals surface area contributed by atoms with Crippen molar-refractivity contribution in [3.63, 3.8) is 0 Å².